The first kappa shape index (κ1) is 19.3. The van der Waals surface area contributed by atoms with Gasteiger partial charge in [-0.25, -0.2) is 9.97 Å². The lowest BCUT2D eigenvalue weighted by Gasteiger charge is -2.35. The Balaban J connectivity index is 1.55. The van der Waals surface area contributed by atoms with E-state index in [1.807, 2.05) is 0 Å². The molecule has 0 spiro atoms. The van der Waals surface area contributed by atoms with E-state index in [0.717, 1.165) is 45.6 Å². The van der Waals surface area contributed by atoms with Gasteiger partial charge < -0.3 is 15.0 Å². The average Bonchev–Trinajstić information content (AvgIpc) is 2.62. The maximum Gasteiger partial charge on any atom is 0.271 e. The van der Waals surface area contributed by atoms with E-state index in [4.69, 9.17) is 16.3 Å². The minimum Gasteiger partial charge on any atom is -0.373 e. The first-order chi connectivity index (χ1) is 12.5. The fourth-order valence-electron chi connectivity index (χ4n) is 3.64. The van der Waals surface area contributed by atoms with Crippen LogP contribution in [-0.2, 0) is 4.74 Å². The number of ether oxygens (including phenoxy) is 1. The van der Waals surface area contributed by atoms with Crippen molar-refractivity contribution in [3.05, 3.63) is 16.9 Å². The van der Waals surface area contributed by atoms with Crippen LogP contribution < -0.4 is 10.2 Å². The highest BCUT2D eigenvalue weighted by atomic mass is 35.5. The molecule has 1 N–H and O–H groups in total. The van der Waals surface area contributed by atoms with Crippen molar-refractivity contribution in [3.8, 4) is 0 Å². The molecule has 0 aliphatic carbocycles. The minimum absolute atomic E-state index is 0.220. The second-order valence-corrected chi connectivity index (χ2v) is 7.59. The van der Waals surface area contributed by atoms with E-state index >= 15 is 0 Å². The highest BCUT2D eigenvalue weighted by Crippen LogP contribution is 2.19. The van der Waals surface area contributed by atoms with Crippen molar-refractivity contribution in [1.82, 2.24) is 20.2 Å². The van der Waals surface area contributed by atoms with E-state index in [9.17, 15) is 4.79 Å². The van der Waals surface area contributed by atoms with Crippen LogP contribution in [0, 0.1) is 0 Å². The number of morpholine rings is 1. The van der Waals surface area contributed by atoms with Crippen molar-refractivity contribution in [2.75, 3.05) is 44.2 Å². The summed E-state index contributed by atoms with van der Waals surface area (Å²) in [5.74, 6) is 0.347. The predicted octanol–water partition coefficient (Wildman–Crippen LogP) is 1.96. The average molecular weight is 382 g/mol. The number of aromatic nitrogens is 2. The molecule has 8 heteroatoms. The number of amides is 1. The Labute approximate surface area is 160 Å². The number of hydrogen-bond acceptors (Lipinski definition) is 6. The normalized spacial score (nSPS) is 24.5. The first-order valence-electron chi connectivity index (χ1n) is 9.46. The van der Waals surface area contributed by atoms with Gasteiger partial charge in [-0.2, -0.15) is 0 Å². The number of hydrogen-bond donors (Lipinski definition) is 1. The second kappa shape index (κ2) is 8.97. The number of nitrogens with zero attached hydrogens (tertiary/aromatic N) is 4. The third-order valence-corrected chi connectivity index (χ3v) is 5.07. The molecule has 0 saturated carbocycles. The quantitative estimate of drug-likeness (QED) is 0.840. The smallest absolute Gasteiger partial charge is 0.271 e. The van der Waals surface area contributed by atoms with Gasteiger partial charge in [-0.15, -0.1) is 0 Å². The molecule has 2 saturated heterocycles. The van der Waals surface area contributed by atoms with Crippen molar-refractivity contribution in [3.63, 3.8) is 0 Å². The summed E-state index contributed by atoms with van der Waals surface area (Å²) in [6, 6.07) is 0. The molecule has 7 nitrogen and oxygen atoms in total. The SMILES string of the molecule is C[C@@H]1CN(CCNC(=O)c2nc(N3CCCCC3)ncc2Cl)C[C@@H](C)O1. The number of piperidine rings is 1. The van der Waals surface area contributed by atoms with Crippen LogP contribution in [0.3, 0.4) is 0 Å². The Bertz CT molecular complexity index is 614. The van der Waals surface area contributed by atoms with Gasteiger partial charge in [0.1, 0.15) is 0 Å². The van der Waals surface area contributed by atoms with Crippen LogP contribution in [0.25, 0.3) is 0 Å². The van der Waals surface area contributed by atoms with E-state index in [1.54, 1.807) is 0 Å². The maximum atomic E-state index is 12.5. The molecule has 0 aromatic carbocycles. The van der Waals surface area contributed by atoms with Crippen molar-refractivity contribution in [2.45, 2.75) is 45.3 Å². The number of anilines is 1. The molecule has 1 aromatic rings. The summed E-state index contributed by atoms with van der Waals surface area (Å²) in [6.45, 7) is 9.10. The highest BCUT2D eigenvalue weighted by molar-refractivity contribution is 6.33. The third-order valence-electron chi connectivity index (χ3n) is 4.79. The molecule has 0 unspecified atom stereocenters. The summed E-state index contributed by atoms with van der Waals surface area (Å²) in [4.78, 5) is 25.7. The number of carbonyl (C=O) groups is 1. The topological polar surface area (TPSA) is 70.6 Å². The first-order valence-corrected chi connectivity index (χ1v) is 9.84. The monoisotopic (exact) mass is 381 g/mol. The molecular weight excluding hydrogens is 354 g/mol. The molecule has 2 atom stereocenters. The van der Waals surface area contributed by atoms with Crippen LogP contribution in [-0.4, -0.2) is 72.3 Å². The fourth-order valence-corrected chi connectivity index (χ4v) is 3.82. The van der Waals surface area contributed by atoms with Crippen molar-refractivity contribution >= 4 is 23.5 Å². The fraction of sp³-hybridized carbons (Fsp3) is 0.722. The summed E-state index contributed by atoms with van der Waals surface area (Å²) >= 11 is 6.16. The molecule has 3 rings (SSSR count). The number of halogens is 1. The highest BCUT2D eigenvalue weighted by Gasteiger charge is 2.22. The Kier molecular flexibility index (Phi) is 6.67. The molecule has 0 bridgehead atoms. The van der Waals surface area contributed by atoms with E-state index in [0.29, 0.717) is 12.5 Å². The summed E-state index contributed by atoms with van der Waals surface area (Å²) in [6.07, 6.45) is 5.46. The molecular formula is C18H28ClN5O2. The number of carbonyl (C=O) groups excluding carboxylic acids is 1. The summed E-state index contributed by atoms with van der Waals surface area (Å²) in [5.41, 5.74) is 0.256. The molecule has 144 valence electrons. The number of nitrogens with one attached hydrogen (secondary N) is 1. The Hall–Kier alpha value is -1.44. The van der Waals surface area contributed by atoms with E-state index < -0.39 is 0 Å². The van der Waals surface area contributed by atoms with Crippen LogP contribution in [0.2, 0.25) is 5.02 Å². The molecule has 1 amide bonds. The molecule has 3 heterocycles. The van der Waals surface area contributed by atoms with Crippen LogP contribution in [0.1, 0.15) is 43.6 Å². The zero-order valence-corrected chi connectivity index (χ0v) is 16.3. The van der Waals surface area contributed by atoms with Crippen LogP contribution in [0.15, 0.2) is 6.20 Å². The Morgan fingerprint density at radius 1 is 1.27 bits per heavy atom. The van der Waals surface area contributed by atoms with Crippen molar-refractivity contribution in [2.24, 2.45) is 0 Å². The third kappa shape index (κ3) is 5.05. The second-order valence-electron chi connectivity index (χ2n) is 7.19. The molecule has 0 radical (unpaired) electrons. The molecule has 2 fully saturated rings. The molecule has 2 aliphatic heterocycles. The van der Waals surface area contributed by atoms with Gasteiger partial charge in [-0.3, -0.25) is 9.69 Å². The van der Waals surface area contributed by atoms with E-state index in [2.05, 4.69) is 38.9 Å². The van der Waals surface area contributed by atoms with Crippen LogP contribution in [0.5, 0.6) is 0 Å². The zero-order valence-electron chi connectivity index (χ0n) is 15.6. The lowest BCUT2D eigenvalue weighted by Crippen LogP contribution is -2.47. The molecule has 2 aliphatic rings. The van der Waals surface area contributed by atoms with Crippen molar-refractivity contribution < 1.29 is 9.53 Å². The lowest BCUT2D eigenvalue weighted by atomic mass is 10.1. The number of rotatable bonds is 5. The van der Waals surface area contributed by atoms with E-state index in [1.165, 1.54) is 12.6 Å². The lowest BCUT2D eigenvalue weighted by molar-refractivity contribution is -0.0672. The predicted molar refractivity (Wildman–Crippen MR) is 102 cm³/mol. The van der Waals surface area contributed by atoms with Gasteiger partial charge in [0.15, 0.2) is 5.69 Å². The summed E-state index contributed by atoms with van der Waals surface area (Å²) < 4.78 is 5.73. The van der Waals surface area contributed by atoms with Gasteiger partial charge in [-0.1, -0.05) is 11.6 Å². The van der Waals surface area contributed by atoms with E-state index in [-0.39, 0.29) is 28.8 Å². The van der Waals surface area contributed by atoms with Gasteiger partial charge in [0, 0.05) is 39.3 Å². The van der Waals surface area contributed by atoms with Crippen LogP contribution >= 0.6 is 11.6 Å². The Morgan fingerprint density at radius 3 is 2.65 bits per heavy atom. The Morgan fingerprint density at radius 2 is 1.96 bits per heavy atom. The largest absolute Gasteiger partial charge is 0.373 e. The maximum absolute atomic E-state index is 12.5. The summed E-state index contributed by atoms with van der Waals surface area (Å²) in [5, 5.41) is 3.22. The van der Waals surface area contributed by atoms with Gasteiger partial charge >= 0.3 is 0 Å². The standard InChI is InChI=1S/C18H28ClN5O2/c1-13-11-23(12-14(2)26-13)9-6-20-17(25)16-15(19)10-21-18(22-16)24-7-4-3-5-8-24/h10,13-14H,3-9,11-12H2,1-2H3,(H,20,25)/t13-,14-/m1/s1. The van der Waals surface area contributed by atoms with Crippen LogP contribution in [0.4, 0.5) is 5.95 Å². The van der Waals surface area contributed by atoms with Gasteiger partial charge in [0.25, 0.3) is 5.91 Å². The summed E-state index contributed by atoms with van der Waals surface area (Å²) in [7, 11) is 0. The van der Waals surface area contributed by atoms with Gasteiger partial charge in [0.05, 0.1) is 23.4 Å². The van der Waals surface area contributed by atoms with Gasteiger partial charge in [0.2, 0.25) is 5.95 Å². The van der Waals surface area contributed by atoms with Crippen molar-refractivity contribution in [1.29, 1.82) is 0 Å². The molecule has 1 aromatic heterocycles. The molecule has 26 heavy (non-hydrogen) atoms. The zero-order chi connectivity index (χ0) is 18.5. The van der Waals surface area contributed by atoms with Gasteiger partial charge in [-0.05, 0) is 33.1 Å². The minimum atomic E-state index is -0.245.